The molecule has 0 aliphatic heterocycles. The van der Waals surface area contributed by atoms with Crippen LogP contribution >= 0.6 is 0 Å². The minimum absolute atomic E-state index is 0.190. The number of benzene rings is 1. The molecule has 0 radical (unpaired) electrons. The second kappa shape index (κ2) is 8.91. The minimum Gasteiger partial charge on any atom is -0.494 e. The molecule has 0 aliphatic rings. The van der Waals surface area contributed by atoms with E-state index in [-0.39, 0.29) is 24.7 Å². The first-order valence-corrected chi connectivity index (χ1v) is 6.44. The number of carbonyl (C=O) groups is 2. The van der Waals surface area contributed by atoms with Gasteiger partial charge in [-0.2, -0.15) is 0 Å². The molecule has 0 heterocycles. The third kappa shape index (κ3) is 6.71. The summed E-state index contributed by atoms with van der Waals surface area (Å²) >= 11 is 0. The van der Waals surface area contributed by atoms with Crippen LogP contribution in [0.4, 0.5) is 4.39 Å². The first-order valence-electron chi connectivity index (χ1n) is 6.44. The van der Waals surface area contributed by atoms with Crippen LogP contribution in [0, 0.1) is 5.82 Å². The summed E-state index contributed by atoms with van der Waals surface area (Å²) in [4.78, 5) is 22.3. The van der Waals surface area contributed by atoms with Crippen molar-refractivity contribution < 1.29 is 28.6 Å². The van der Waals surface area contributed by atoms with E-state index in [2.05, 4.69) is 10.1 Å². The van der Waals surface area contributed by atoms with Crippen LogP contribution < -0.4 is 10.1 Å². The summed E-state index contributed by atoms with van der Waals surface area (Å²) in [5.41, 5.74) is 0. The number of hydrogen-bond acceptors (Lipinski definition) is 5. The van der Waals surface area contributed by atoms with E-state index in [0.717, 1.165) is 7.11 Å². The van der Waals surface area contributed by atoms with Gasteiger partial charge in [-0.15, -0.1) is 0 Å². The number of carbonyl (C=O) groups excluding carboxylic acids is 2. The average molecular weight is 299 g/mol. The SMILES string of the molecule is COC(=O)C(O)CNC(=O)CCCOc1ccc(F)cc1. The quantitative estimate of drug-likeness (QED) is 0.543. The van der Waals surface area contributed by atoms with E-state index in [1.54, 1.807) is 0 Å². The predicted octanol–water partition coefficient (Wildman–Crippen LogP) is 0.635. The standard InChI is InChI=1S/C14H18FNO5/c1-20-14(19)12(17)9-16-13(18)3-2-8-21-11-6-4-10(15)5-7-11/h4-7,12,17H,2-3,8-9H2,1H3,(H,16,18). The van der Waals surface area contributed by atoms with Crippen molar-refractivity contribution in [3.63, 3.8) is 0 Å². The Morgan fingerprint density at radius 3 is 2.62 bits per heavy atom. The second-order valence-electron chi connectivity index (χ2n) is 4.25. The van der Waals surface area contributed by atoms with Gasteiger partial charge in [-0.3, -0.25) is 4.79 Å². The maximum Gasteiger partial charge on any atom is 0.336 e. The molecule has 21 heavy (non-hydrogen) atoms. The number of ether oxygens (including phenoxy) is 2. The Balaban J connectivity index is 2.13. The van der Waals surface area contributed by atoms with Gasteiger partial charge in [-0.25, -0.2) is 9.18 Å². The highest BCUT2D eigenvalue weighted by molar-refractivity contribution is 5.78. The molecule has 0 aliphatic carbocycles. The van der Waals surface area contributed by atoms with E-state index in [0.29, 0.717) is 18.8 Å². The van der Waals surface area contributed by atoms with E-state index >= 15 is 0 Å². The molecule has 2 N–H and O–H groups in total. The van der Waals surface area contributed by atoms with Crippen LogP contribution in [0.15, 0.2) is 24.3 Å². The molecule has 1 rings (SSSR count). The van der Waals surface area contributed by atoms with E-state index in [1.165, 1.54) is 24.3 Å². The Kier molecular flexibility index (Phi) is 7.17. The Morgan fingerprint density at radius 2 is 2.00 bits per heavy atom. The zero-order chi connectivity index (χ0) is 15.7. The summed E-state index contributed by atoms with van der Waals surface area (Å²) in [5, 5.41) is 11.7. The van der Waals surface area contributed by atoms with E-state index in [4.69, 9.17) is 4.74 Å². The maximum absolute atomic E-state index is 12.7. The summed E-state index contributed by atoms with van der Waals surface area (Å²) in [7, 11) is 1.15. The van der Waals surface area contributed by atoms with Crippen LogP contribution in [-0.2, 0) is 14.3 Å². The number of amides is 1. The lowest BCUT2D eigenvalue weighted by Crippen LogP contribution is -2.37. The number of methoxy groups -OCH3 is 1. The largest absolute Gasteiger partial charge is 0.494 e. The van der Waals surface area contributed by atoms with Crippen molar-refractivity contribution in [1.29, 1.82) is 0 Å². The smallest absolute Gasteiger partial charge is 0.336 e. The van der Waals surface area contributed by atoms with Crippen LogP contribution in [-0.4, -0.2) is 43.3 Å². The Morgan fingerprint density at radius 1 is 1.33 bits per heavy atom. The fourth-order valence-corrected chi connectivity index (χ4v) is 1.47. The molecule has 6 nitrogen and oxygen atoms in total. The number of aliphatic hydroxyl groups is 1. The lowest BCUT2D eigenvalue weighted by molar-refractivity contribution is -0.150. The average Bonchev–Trinajstić information content (AvgIpc) is 2.50. The number of hydrogen-bond donors (Lipinski definition) is 2. The maximum atomic E-state index is 12.7. The second-order valence-corrected chi connectivity index (χ2v) is 4.25. The fraction of sp³-hybridized carbons (Fsp3) is 0.429. The number of rotatable bonds is 8. The predicted molar refractivity (Wildman–Crippen MR) is 72.2 cm³/mol. The fourth-order valence-electron chi connectivity index (χ4n) is 1.47. The molecule has 1 amide bonds. The molecular formula is C14H18FNO5. The van der Waals surface area contributed by atoms with Crippen LogP contribution in [0.1, 0.15) is 12.8 Å². The summed E-state index contributed by atoms with van der Waals surface area (Å²) < 4.78 is 22.3. The molecule has 1 unspecified atom stereocenters. The zero-order valence-corrected chi connectivity index (χ0v) is 11.7. The van der Waals surface area contributed by atoms with Gasteiger partial charge < -0.3 is 19.9 Å². The summed E-state index contributed by atoms with van der Waals surface area (Å²) in [6, 6.07) is 5.58. The van der Waals surface area contributed by atoms with E-state index in [1.807, 2.05) is 0 Å². The molecule has 116 valence electrons. The Labute approximate surface area is 121 Å². The first kappa shape index (κ1) is 16.9. The molecule has 0 fully saturated rings. The number of halogens is 1. The van der Waals surface area contributed by atoms with Gasteiger partial charge >= 0.3 is 5.97 Å². The van der Waals surface area contributed by atoms with Gasteiger partial charge in [-0.1, -0.05) is 0 Å². The Hall–Kier alpha value is -2.15. The lowest BCUT2D eigenvalue weighted by atomic mass is 10.3. The van der Waals surface area contributed by atoms with E-state index in [9.17, 15) is 19.1 Å². The van der Waals surface area contributed by atoms with Crippen molar-refractivity contribution in [2.45, 2.75) is 18.9 Å². The van der Waals surface area contributed by atoms with Crippen molar-refractivity contribution in [1.82, 2.24) is 5.32 Å². The topological polar surface area (TPSA) is 84.9 Å². The number of aliphatic hydroxyl groups excluding tert-OH is 1. The van der Waals surface area contributed by atoms with Gasteiger partial charge in [0.25, 0.3) is 0 Å². The molecule has 7 heteroatoms. The van der Waals surface area contributed by atoms with Gasteiger partial charge in [0.2, 0.25) is 5.91 Å². The van der Waals surface area contributed by atoms with Gasteiger partial charge in [-0.05, 0) is 30.7 Å². The number of nitrogens with one attached hydrogen (secondary N) is 1. The molecule has 0 saturated carbocycles. The van der Waals surface area contributed by atoms with Crippen LogP contribution in [0.2, 0.25) is 0 Å². The van der Waals surface area contributed by atoms with Crippen LogP contribution in [0.3, 0.4) is 0 Å². The van der Waals surface area contributed by atoms with Gasteiger partial charge in [0.1, 0.15) is 11.6 Å². The lowest BCUT2D eigenvalue weighted by Gasteiger charge is -2.10. The van der Waals surface area contributed by atoms with Gasteiger partial charge in [0, 0.05) is 6.42 Å². The van der Waals surface area contributed by atoms with Crippen molar-refractivity contribution in [3.05, 3.63) is 30.1 Å². The Bertz CT molecular complexity index is 463. The third-order valence-electron chi connectivity index (χ3n) is 2.60. The van der Waals surface area contributed by atoms with Gasteiger partial charge in [0.05, 0.1) is 20.3 Å². The normalized spacial score (nSPS) is 11.6. The minimum atomic E-state index is -1.37. The summed E-state index contributed by atoms with van der Waals surface area (Å²) in [5.74, 6) is -0.917. The summed E-state index contributed by atoms with van der Waals surface area (Å²) in [6.07, 6.45) is -0.721. The van der Waals surface area contributed by atoms with E-state index < -0.39 is 12.1 Å². The molecule has 1 aromatic rings. The molecule has 0 bridgehead atoms. The van der Waals surface area contributed by atoms with Crippen molar-refractivity contribution in [2.75, 3.05) is 20.3 Å². The molecule has 0 spiro atoms. The highest BCUT2D eigenvalue weighted by Gasteiger charge is 2.15. The highest BCUT2D eigenvalue weighted by atomic mass is 19.1. The zero-order valence-electron chi connectivity index (χ0n) is 11.7. The number of esters is 1. The first-order chi connectivity index (χ1) is 10.0. The monoisotopic (exact) mass is 299 g/mol. The van der Waals surface area contributed by atoms with Crippen molar-refractivity contribution >= 4 is 11.9 Å². The van der Waals surface area contributed by atoms with Crippen LogP contribution in [0.5, 0.6) is 5.75 Å². The molecule has 0 saturated heterocycles. The molecule has 1 aromatic carbocycles. The van der Waals surface area contributed by atoms with Crippen molar-refractivity contribution in [3.8, 4) is 5.75 Å². The molecule has 0 aromatic heterocycles. The molecular weight excluding hydrogens is 281 g/mol. The third-order valence-corrected chi connectivity index (χ3v) is 2.60. The van der Waals surface area contributed by atoms with Crippen molar-refractivity contribution in [2.24, 2.45) is 0 Å². The van der Waals surface area contributed by atoms with Crippen LogP contribution in [0.25, 0.3) is 0 Å². The summed E-state index contributed by atoms with van der Waals surface area (Å²) in [6.45, 7) is 0.114. The van der Waals surface area contributed by atoms with Gasteiger partial charge in [0.15, 0.2) is 6.10 Å². The molecule has 1 atom stereocenters. The highest BCUT2D eigenvalue weighted by Crippen LogP contribution is 2.11.